The van der Waals surface area contributed by atoms with Crippen LogP contribution in [0.15, 0.2) is 24.4 Å². The summed E-state index contributed by atoms with van der Waals surface area (Å²) in [5.41, 5.74) is 3.10. The number of anilines is 1. The van der Waals surface area contributed by atoms with Crippen LogP contribution in [-0.4, -0.2) is 21.5 Å². The molecule has 0 aromatic carbocycles. The van der Waals surface area contributed by atoms with Gasteiger partial charge in [0.2, 0.25) is 0 Å². The lowest BCUT2D eigenvalue weighted by Crippen LogP contribution is -2.10. The monoisotopic (exact) mass is 438 g/mol. The molecule has 0 saturated heterocycles. The number of rotatable bonds is 18. The van der Waals surface area contributed by atoms with Gasteiger partial charge in [0, 0.05) is 24.0 Å². The Morgan fingerprint density at radius 2 is 1.31 bits per heavy atom. The van der Waals surface area contributed by atoms with Gasteiger partial charge in [0.1, 0.15) is 11.5 Å². The second-order valence-electron chi connectivity index (χ2n) is 9.05. The van der Waals surface area contributed by atoms with E-state index < -0.39 is 0 Å². The number of aromatic nitrogens is 3. The molecule has 0 bridgehead atoms. The molecule has 0 aliphatic heterocycles. The molecule has 0 fully saturated rings. The lowest BCUT2D eigenvalue weighted by molar-refractivity contribution is 0.537. The molecule has 0 saturated carbocycles. The summed E-state index contributed by atoms with van der Waals surface area (Å²) in [7, 11) is 0. The first-order valence-corrected chi connectivity index (χ1v) is 13.3. The fourth-order valence-corrected chi connectivity index (χ4v) is 4.30. The number of hydrogen-bond acceptors (Lipinski definition) is 4. The highest BCUT2D eigenvalue weighted by atomic mass is 15.0. The Kier molecular flexibility index (Phi) is 13.7. The molecule has 178 valence electrons. The zero-order valence-electron chi connectivity index (χ0n) is 21.0. The van der Waals surface area contributed by atoms with Crippen LogP contribution in [0.25, 0.3) is 11.5 Å². The standard InChI is InChI=1S/C28H46N4/c1-4-6-7-8-9-10-11-12-13-14-15-16-17-19-23-30-27-25(5-2)24(3)31-28(32-27)26-21-18-20-22-29-26/h18,20-22H,4-17,19,23H2,1-3H3,(H,30,31,32). The molecular formula is C28H46N4. The normalized spacial score (nSPS) is 11.1. The van der Waals surface area contributed by atoms with E-state index in [9.17, 15) is 0 Å². The molecule has 0 amide bonds. The molecule has 0 aliphatic rings. The molecule has 2 heterocycles. The van der Waals surface area contributed by atoms with Crippen LogP contribution in [0.5, 0.6) is 0 Å². The van der Waals surface area contributed by atoms with Crippen molar-refractivity contribution >= 4 is 5.82 Å². The number of nitrogens with one attached hydrogen (secondary N) is 1. The van der Waals surface area contributed by atoms with Gasteiger partial charge >= 0.3 is 0 Å². The van der Waals surface area contributed by atoms with Gasteiger partial charge < -0.3 is 5.32 Å². The maximum Gasteiger partial charge on any atom is 0.180 e. The van der Waals surface area contributed by atoms with Crippen molar-refractivity contribution < 1.29 is 0 Å². The van der Waals surface area contributed by atoms with E-state index >= 15 is 0 Å². The Labute approximate surface area is 197 Å². The molecule has 2 rings (SSSR count). The highest BCUT2D eigenvalue weighted by Crippen LogP contribution is 2.22. The van der Waals surface area contributed by atoms with Crippen LogP contribution in [0.1, 0.15) is 115 Å². The van der Waals surface area contributed by atoms with Crippen molar-refractivity contribution in [2.75, 3.05) is 11.9 Å². The quantitative estimate of drug-likeness (QED) is 0.238. The van der Waals surface area contributed by atoms with Crippen LogP contribution < -0.4 is 5.32 Å². The molecule has 1 N–H and O–H groups in total. The first-order valence-electron chi connectivity index (χ1n) is 13.3. The summed E-state index contributed by atoms with van der Waals surface area (Å²) < 4.78 is 0. The second kappa shape index (κ2) is 16.6. The molecule has 32 heavy (non-hydrogen) atoms. The minimum absolute atomic E-state index is 0.712. The van der Waals surface area contributed by atoms with Gasteiger partial charge in [0.05, 0.1) is 0 Å². The van der Waals surface area contributed by atoms with Crippen molar-refractivity contribution in [2.45, 2.75) is 117 Å². The van der Waals surface area contributed by atoms with E-state index in [0.29, 0.717) is 5.82 Å². The van der Waals surface area contributed by atoms with E-state index in [0.717, 1.165) is 30.2 Å². The van der Waals surface area contributed by atoms with Gasteiger partial charge in [-0.25, -0.2) is 9.97 Å². The van der Waals surface area contributed by atoms with E-state index in [1.54, 1.807) is 6.20 Å². The summed E-state index contributed by atoms with van der Waals surface area (Å²) in [6, 6.07) is 5.87. The Hall–Kier alpha value is -1.97. The van der Waals surface area contributed by atoms with Crippen LogP contribution >= 0.6 is 0 Å². The molecule has 4 nitrogen and oxygen atoms in total. The van der Waals surface area contributed by atoms with Crippen molar-refractivity contribution in [3.05, 3.63) is 35.7 Å². The summed E-state index contributed by atoms with van der Waals surface area (Å²) >= 11 is 0. The average molecular weight is 439 g/mol. The second-order valence-corrected chi connectivity index (χ2v) is 9.05. The van der Waals surface area contributed by atoms with Crippen LogP contribution in [0.4, 0.5) is 5.82 Å². The number of nitrogens with zero attached hydrogens (tertiary/aromatic N) is 3. The zero-order valence-corrected chi connectivity index (χ0v) is 21.0. The highest BCUT2D eigenvalue weighted by Gasteiger charge is 2.12. The highest BCUT2D eigenvalue weighted by molar-refractivity contribution is 5.56. The van der Waals surface area contributed by atoms with Crippen LogP contribution in [0.2, 0.25) is 0 Å². The largest absolute Gasteiger partial charge is 0.370 e. The van der Waals surface area contributed by atoms with Gasteiger partial charge in [-0.1, -0.05) is 103 Å². The predicted octanol–water partition coefficient (Wildman–Crippen LogP) is 8.30. The topological polar surface area (TPSA) is 50.7 Å². The van der Waals surface area contributed by atoms with Gasteiger partial charge in [-0.3, -0.25) is 4.98 Å². The van der Waals surface area contributed by atoms with Gasteiger partial charge in [-0.15, -0.1) is 0 Å². The third kappa shape index (κ3) is 10.1. The van der Waals surface area contributed by atoms with E-state index in [2.05, 4.69) is 36.1 Å². The molecule has 0 unspecified atom stereocenters. The summed E-state index contributed by atoms with van der Waals surface area (Å²) in [6.07, 6.45) is 22.2. The van der Waals surface area contributed by atoms with E-state index in [4.69, 9.17) is 4.98 Å². The van der Waals surface area contributed by atoms with Crippen molar-refractivity contribution in [2.24, 2.45) is 0 Å². The van der Waals surface area contributed by atoms with E-state index in [-0.39, 0.29) is 0 Å². The third-order valence-corrected chi connectivity index (χ3v) is 6.28. The summed E-state index contributed by atoms with van der Waals surface area (Å²) in [4.78, 5) is 13.9. The molecule has 0 atom stereocenters. The Bertz CT molecular complexity index is 730. The summed E-state index contributed by atoms with van der Waals surface area (Å²) in [6.45, 7) is 7.51. The maximum atomic E-state index is 4.79. The maximum absolute atomic E-state index is 4.79. The van der Waals surface area contributed by atoms with Crippen LogP contribution in [-0.2, 0) is 6.42 Å². The fraction of sp³-hybridized carbons (Fsp3) is 0.679. The van der Waals surface area contributed by atoms with Crippen molar-refractivity contribution in [3.63, 3.8) is 0 Å². The number of hydrogen-bond donors (Lipinski definition) is 1. The number of unbranched alkanes of at least 4 members (excludes halogenated alkanes) is 13. The molecule has 2 aromatic rings. The summed E-state index contributed by atoms with van der Waals surface area (Å²) in [5, 5.41) is 3.58. The van der Waals surface area contributed by atoms with Crippen LogP contribution in [0, 0.1) is 6.92 Å². The number of pyridine rings is 1. The van der Waals surface area contributed by atoms with E-state index in [1.165, 1.54) is 95.5 Å². The van der Waals surface area contributed by atoms with Gasteiger partial charge in [0.15, 0.2) is 5.82 Å². The Morgan fingerprint density at radius 1 is 0.719 bits per heavy atom. The SMILES string of the molecule is CCCCCCCCCCCCCCCCNc1nc(-c2ccccn2)nc(C)c1CC. The van der Waals surface area contributed by atoms with E-state index in [1.807, 2.05) is 18.2 Å². The lowest BCUT2D eigenvalue weighted by Gasteiger charge is -2.13. The minimum atomic E-state index is 0.712. The number of aryl methyl sites for hydroxylation is 1. The zero-order chi connectivity index (χ0) is 22.9. The average Bonchev–Trinajstić information content (AvgIpc) is 2.82. The Balaban J connectivity index is 1.58. The first-order chi connectivity index (χ1) is 15.8. The molecule has 0 aliphatic carbocycles. The van der Waals surface area contributed by atoms with Gasteiger partial charge in [0.25, 0.3) is 0 Å². The van der Waals surface area contributed by atoms with Gasteiger partial charge in [-0.05, 0) is 31.9 Å². The third-order valence-electron chi connectivity index (χ3n) is 6.28. The molecule has 0 radical (unpaired) electrons. The van der Waals surface area contributed by atoms with Crippen molar-refractivity contribution in [1.29, 1.82) is 0 Å². The first kappa shape index (κ1) is 26.3. The molecule has 4 heteroatoms. The molecular weight excluding hydrogens is 392 g/mol. The molecule has 0 spiro atoms. The summed E-state index contributed by atoms with van der Waals surface area (Å²) in [5.74, 6) is 1.69. The molecule has 2 aromatic heterocycles. The smallest absolute Gasteiger partial charge is 0.180 e. The fourth-order valence-electron chi connectivity index (χ4n) is 4.30. The predicted molar refractivity (Wildman–Crippen MR) is 138 cm³/mol. The lowest BCUT2D eigenvalue weighted by atomic mass is 10.0. The van der Waals surface area contributed by atoms with Crippen LogP contribution in [0.3, 0.4) is 0 Å². The van der Waals surface area contributed by atoms with Crippen molar-refractivity contribution in [3.8, 4) is 11.5 Å². The minimum Gasteiger partial charge on any atom is -0.370 e. The van der Waals surface area contributed by atoms with Gasteiger partial charge in [-0.2, -0.15) is 0 Å². The van der Waals surface area contributed by atoms with Crippen molar-refractivity contribution in [1.82, 2.24) is 15.0 Å². The Morgan fingerprint density at radius 3 is 1.84 bits per heavy atom.